The number of benzene rings is 2. The number of fused-ring (bicyclic) bond motifs is 2. The Morgan fingerprint density at radius 3 is 2.69 bits per heavy atom. The van der Waals surface area contributed by atoms with Crippen molar-refractivity contribution in [2.24, 2.45) is 0 Å². The van der Waals surface area contributed by atoms with Crippen LogP contribution in [0.5, 0.6) is 5.75 Å². The maximum absolute atomic E-state index is 14.7. The van der Waals surface area contributed by atoms with E-state index in [4.69, 9.17) is 26.1 Å². The average molecular weight is 545 g/mol. The zero-order chi connectivity index (χ0) is 26.3. The number of imidazole rings is 1. The molecule has 3 aliphatic rings. The first kappa shape index (κ1) is 24.8. The molecule has 6 nitrogen and oxygen atoms in total. The van der Waals surface area contributed by atoms with Crippen LogP contribution in [0.2, 0.25) is 5.02 Å². The van der Waals surface area contributed by atoms with E-state index in [0.29, 0.717) is 16.5 Å². The van der Waals surface area contributed by atoms with E-state index in [1.807, 2.05) is 30.5 Å². The maximum atomic E-state index is 14.7. The standard InChI is InChI=1S/C31H30ClFN4O2/c32-22-7-8-25(26(33)17-22)28-9-6-21-3-1-4-24(30(21)39-28)20-10-14-36(15-11-20)19-29-35-27-5-2-13-34-31(27)37(29)18-23-12-16-38-23/h1-9,13,17,20,23,28H,10-12,14-16,18-19H2/t23-,28+/m0/s1. The number of hydrogen-bond donors (Lipinski definition) is 0. The van der Waals surface area contributed by atoms with E-state index in [1.165, 1.54) is 11.6 Å². The summed E-state index contributed by atoms with van der Waals surface area (Å²) in [5, 5.41) is 0.382. The Labute approximate surface area is 232 Å². The third kappa shape index (κ3) is 4.84. The van der Waals surface area contributed by atoms with E-state index >= 15 is 0 Å². The summed E-state index contributed by atoms with van der Waals surface area (Å²) >= 11 is 5.97. The van der Waals surface area contributed by atoms with Gasteiger partial charge in [-0.05, 0) is 74.2 Å². The predicted octanol–water partition coefficient (Wildman–Crippen LogP) is 6.54. The second-order valence-corrected chi connectivity index (χ2v) is 11.1. The highest BCUT2D eigenvalue weighted by Crippen LogP contribution is 2.42. The Hall–Kier alpha value is -3.26. The molecule has 0 spiro atoms. The van der Waals surface area contributed by atoms with Crippen LogP contribution in [0.1, 0.15) is 53.8 Å². The van der Waals surface area contributed by atoms with Gasteiger partial charge in [-0.1, -0.05) is 41.9 Å². The minimum Gasteiger partial charge on any atom is -0.481 e. The average Bonchev–Trinajstić information content (AvgIpc) is 3.27. The lowest BCUT2D eigenvalue weighted by molar-refractivity contribution is -0.0593. The van der Waals surface area contributed by atoms with Crippen LogP contribution >= 0.6 is 11.6 Å². The van der Waals surface area contributed by atoms with Crippen molar-refractivity contribution in [3.8, 4) is 5.75 Å². The second-order valence-electron chi connectivity index (χ2n) is 10.6. The highest BCUT2D eigenvalue weighted by molar-refractivity contribution is 6.30. The van der Waals surface area contributed by atoms with Gasteiger partial charge in [0.1, 0.15) is 29.0 Å². The molecule has 0 radical (unpaired) electrons. The van der Waals surface area contributed by atoms with Gasteiger partial charge < -0.3 is 14.0 Å². The summed E-state index contributed by atoms with van der Waals surface area (Å²) in [6.45, 7) is 4.37. The molecule has 0 amide bonds. The van der Waals surface area contributed by atoms with Gasteiger partial charge in [-0.3, -0.25) is 4.90 Å². The van der Waals surface area contributed by atoms with Crippen LogP contribution in [0, 0.1) is 5.82 Å². The Morgan fingerprint density at radius 1 is 1.03 bits per heavy atom. The van der Waals surface area contributed by atoms with Crippen LogP contribution in [0.3, 0.4) is 0 Å². The molecule has 39 heavy (non-hydrogen) atoms. The Kier molecular flexibility index (Phi) is 6.59. The monoisotopic (exact) mass is 544 g/mol. The van der Waals surface area contributed by atoms with Gasteiger partial charge >= 0.3 is 0 Å². The molecule has 5 heterocycles. The molecule has 2 aromatic carbocycles. The minimum absolute atomic E-state index is 0.248. The summed E-state index contributed by atoms with van der Waals surface area (Å²) in [5.41, 5.74) is 4.62. The van der Waals surface area contributed by atoms with Gasteiger partial charge in [0.2, 0.25) is 0 Å². The third-order valence-corrected chi connectivity index (χ3v) is 8.43. The summed E-state index contributed by atoms with van der Waals surface area (Å²) in [4.78, 5) is 12.0. The number of nitrogens with zero attached hydrogens (tertiary/aromatic N) is 4. The van der Waals surface area contributed by atoms with Crippen LogP contribution in [0.15, 0.2) is 60.8 Å². The Morgan fingerprint density at radius 2 is 1.90 bits per heavy atom. The van der Waals surface area contributed by atoms with E-state index in [-0.39, 0.29) is 11.9 Å². The van der Waals surface area contributed by atoms with Crippen molar-refractivity contribution in [3.63, 3.8) is 0 Å². The molecule has 200 valence electrons. The lowest BCUT2D eigenvalue weighted by atomic mass is 9.87. The molecule has 4 aromatic rings. The molecule has 8 heteroatoms. The molecule has 0 bridgehead atoms. The number of aromatic nitrogens is 3. The topological polar surface area (TPSA) is 52.4 Å². The molecule has 0 N–H and O–H groups in total. The second kappa shape index (κ2) is 10.4. The van der Waals surface area contributed by atoms with E-state index in [9.17, 15) is 4.39 Å². The third-order valence-electron chi connectivity index (χ3n) is 8.20. The fraction of sp³-hybridized carbons (Fsp3) is 0.355. The fourth-order valence-electron chi connectivity index (χ4n) is 5.97. The first-order valence-electron chi connectivity index (χ1n) is 13.7. The molecule has 0 unspecified atom stereocenters. The van der Waals surface area contributed by atoms with Gasteiger partial charge in [0, 0.05) is 29.0 Å². The van der Waals surface area contributed by atoms with Gasteiger partial charge in [0.05, 0.1) is 19.2 Å². The maximum Gasteiger partial charge on any atom is 0.160 e. The van der Waals surface area contributed by atoms with Gasteiger partial charge in [-0.15, -0.1) is 0 Å². The number of hydrogen-bond acceptors (Lipinski definition) is 5. The zero-order valence-electron chi connectivity index (χ0n) is 21.6. The molecule has 2 fully saturated rings. The molecule has 0 saturated carbocycles. The smallest absolute Gasteiger partial charge is 0.160 e. The molecule has 2 atom stereocenters. The molecule has 2 aromatic heterocycles. The molecule has 2 saturated heterocycles. The first-order valence-corrected chi connectivity index (χ1v) is 14.1. The predicted molar refractivity (Wildman–Crippen MR) is 149 cm³/mol. The van der Waals surface area contributed by atoms with Crippen molar-refractivity contribution in [2.45, 2.75) is 50.5 Å². The van der Waals surface area contributed by atoms with Gasteiger partial charge in [0.15, 0.2) is 5.65 Å². The number of likely N-dealkylation sites (tertiary alicyclic amines) is 1. The molecular weight excluding hydrogens is 515 g/mol. The number of para-hydroxylation sites is 1. The SMILES string of the molecule is Fc1cc(Cl)ccc1[C@H]1C=Cc2cccc(C3CCN(Cc4nc5cccnc5n4C[C@@H]4CCO4)CC3)c2O1. The highest BCUT2D eigenvalue weighted by Gasteiger charge is 2.29. The van der Waals surface area contributed by atoms with Crippen molar-refractivity contribution in [1.82, 2.24) is 19.4 Å². The highest BCUT2D eigenvalue weighted by atomic mass is 35.5. The van der Waals surface area contributed by atoms with Crippen molar-refractivity contribution >= 4 is 28.8 Å². The van der Waals surface area contributed by atoms with Gasteiger partial charge in [-0.2, -0.15) is 0 Å². The lowest BCUT2D eigenvalue weighted by Gasteiger charge is -2.34. The number of rotatable bonds is 6. The number of ether oxygens (including phenoxy) is 2. The summed E-state index contributed by atoms with van der Waals surface area (Å²) < 4.78 is 29.1. The quantitative estimate of drug-likeness (QED) is 0.276. The first-order chi connectivity index (χ1) is 19.1. The van der Waals surface area contributed by atoms with Gasteiger partial charge in [-0.25, -0.2) is 14.4 Å². The minimum atomic E-state index is -0.475. The lowest BCUT2D eigenvalue weighted by Crippen LogP contribution is -2.35. The number of halogens is 2. The molecule has 3 aliphatic heterocycles. The van der Waals surface area contributed by atoms with E-state index in [0.717, 1.165) is 80.3 Å². The normalized spacial score (nSPS) is 21.5. The van der Waals surface area contributed by atoms with Crippen molar-refractivity contribution in [2.75, 3.05) is 19.7 Å². The zero-order valence-corrected chi connectivity index (χ0v) is 22.4. The summed E-state index contributed by atoms with van der Waals surface area (Å²) in [7, 11) is 0. The van der Waals surface area contributed by atoms with Crippen LogP contribution in [-0.4, -0.2) is 45.2 Å². The fourth-order valence-corrected chi connectivity index (χ4v) is 6.13. The summed E-state index contributed by atoms with van der Waals surface area (Å²) in [5.74, 6) is 1.95. The molecular formula is C31H30ClFN4O2. The van der Waals surface area contributed by atoms with Crippen LogP contribution in [0.4, 0.5) is 4.39 Å². The van der Waals surface area contributed by atoms with Crippen molar-refractivity contribution in [1.29, 1.82) is 0 Å². The summed E-state index contributed by atoms with van der Waals surface area (Å²) in [6, 6.07) is 15.0. The molecule has 0 aliphatic carbocycles. The van der Waals surface area contributed by atoms with Crippen molar-refractivity contribution < 1.29 is 13.9 Å². The van der Waals surface area contributed by atoms with Crippen LogP contribution < -0.4 is 4.74 Å². The largest absolute Gasteiger partial charge is 0.481 e. The van der Waals surface area contributed by atoms with E-state index in [2.05, 4.69) is 32.7 Å². The molecule has 7 rings (SSSR count). The van der Waals surface area contributed by atoms with Crippen molar-refractivity contribution in [3.05, 3.63) is 94.2 Å². The van der Waals surface area contributed by atoms with Crippen LogP contribution in [0.25, 0.3) is 17.2 Å². The van der Waals surface area contributed by atoms with E-state index < -0.39 is 6.10 Å². The Balaban J connectivity index is 1.07. The van der Waals surface area contributed by atoms with Gasteiger partial charge in [0.25, 0.3) is 0 Å². The van der Waals surface area contributed by atoms with Crippen LogP contribution in [-0.2, 0) is 17.8 Å². The number of piperidine rings is 1. The Bertz CT molecular complexity index is 1540. The van der Waals surface area contributed by atoms with E-state index in [1.54, 1.807) is 12.1 Å². The number of pyridine rings is 1. The summed E-state index contributed by atoms with van der Waals surface area (Å²) in [6.07, 6.45) is 8.69.